The number of amides is 1. The summed E-state index contributed by atoms with van der Waals surface area (Å²) in [6.07, 6.45) is 1.03. The van der Waals surface area contributed by atoms with Crippen molar-refractivity contribution in [2.45, 2.75) is 0 Å². The van der Waals surface area contributed by atoms with Crippen molar-refractivity contribution in [3.05, 3.63) is 54.1 Å². The van der Waals surface area contributed by atoms with Crippen LogP contribution in [0.1, 0.15) is 10.4 Å². The number of ether oxygens (including phenoxy) is 2. The third-order valence-electron chi connectivity index (χ3n) is 3.18. The van der Waals surface area contributed by atoms with Gasteiger partial charge in [-0.15, -0.1) is 0 Å². The molecule has 8 heteroatoms. The molecule has 0 saturated heterocycles. The topological polar surface area (TPSA) is 93.7 Å². The fourth-order valence-electron chi connectivity index (χ4n) is 2.13. The molecule has 0 saturated carbocycles. The van der Waals surface area contributed by atoms with Crippen LogP contribution in [0.15, 0.2) is 48.5 Å². The van der Waals surface area contributed by atoms with E-state index in [4.69, 9.17) is 9.47 Å². The van der Waals surface area contributed by atoms with E-state index >= 15 is 0 Å². The highest BCUT2D eigenvalue weighted by Crippen LogP contribution is 2.25. The summed E-state index contributed by atoms with van der Waals surface area (Å²) in [5.41, 5.74) is 0.471. The lowest BCUT2D eigenvalue weighted by atomic mass is 10.1. The van der Waals surface area contributed by atoms with E-state index in [1.807, 2.05) is 12.1 Å². The Labute approximate surface area is 147 Å². The van der Waals surface area contributed by atoms with Crippen molar-refractivity contribution in [3.63, 3.8) is 0 Å². The average molecular weight is 364 g/mol. The third kappa shape index (κ3) is 5.68. The van der Waals surface area contributed by atoms with Gasteiger partial charge in [-0.2, -0.15) is 0 Å². The predicted molar refractivity (Wildman–Crippen MR) is 95.7 cm³/mol. The van der Waals surface area contributed by atoms with Gasteiger partial charge in [-0.3, -0.25) is 9.52 Å². The Hall–Kier alpha value is -2.74. The molecule has 0 spiro atoms. The van der Waals surface area contributed by atoms with E-state index in [9.17, 15) is 13.2 Å². The Morgan fingerprint density at radius 3 is 2.36 bits per heavy atom. The maximum Gasteiger partial charge on any atom is 0.253 e. The number of anilines is 1. The van der Waals surface area contributed by atoms with Crippen molar-refractivity contribution in [3.8, 4) is 11.5 Å². The highest BCUT2D eigenvalue weighted by atomic mass is 32.2. The molecule has 1 amide bonds. The standard InChI is InChI=1S/C17H20N2O5S/c1-23-15-9-5-6-10-16(15)24-12-11-18-17(20)13-7-3-4-8-14(13)19-25(2,21)22/h3-10,19H,11-12H2,1-2H3,(H,18,20). The van der Waals surface area contributed by atoms with Gasteiger partial charge in [0.15, 0.2) is 11.5 Å². The smallest absolute Gasteiger partial charge is 0.253 e. The average Bonchev–Trinajstić information content (AvgIpc) is 2.58. The number of hydrogen-bond acceptors (Lipinski definition) is 5. The number of carbonyl (C=O) groups excluding carboxylic acids is 1. The van der Waals surface area contributed by atoms with E-state index in [1.54, 1.807) is 37.4 Å². The summed E-state index contributed by atoms with van der Waals surface area (Å²) < 4.78 is 35.8. The molecular weight excluding hydrogens is 344 g/mol. The molecule has 0 unspecified atom stereocenters. The largest absolute Gasteiger partial charge is 0.493 e. The summed E-state index contributed by atoms with van der Waals surface area (Å²) in [4.78, 5) is 12.3. The second-order valence-electron chi connectivity index (χ2n) is 5.18. The van der Waals surface area contributed by atoms with Crippen LogP contribution in [0, 0.1) is 0 Å². The molecule has 0 aliphatic carbocycles. The molecule has 0 aliphatic rings. The first-order chi connectivity index (χ1) is 11.9. The van der Waals surface area contributed by atoms with Crippen LogP contribution in [0.4, 0.5) is 5.69 Å². The van der Waals surface area contributed by atoms with Gasteiger partial charge in [-0.25, -0.2) is 8.42 Å². The molecule has 0 heterocycles. The zero-order chi connectivity index (χ0) is 18.3. The number of carbonyl (C=O) groups is 1. The molecule has 25 heavy (non-hydrogen) atoms. The molecule has 7 nitrogen and oxygen atoms in total. The molecule has 134 valence electrons. The lowest BCUT2D eigenvalue weighted by Gasteiger charge is -2.12. The van der Waals surface area contributed by atoms with E-state index in [-0.39, 0.29) is 24.4 Å². The van der Waals surface area contributed by atoms with Crippen LogP contribution >= 0.6 is 0 Å². The van der Waals surface area contributed by atoms with Crippen molar-refractivity contribution in [2.75, 3.05) is 31.2 Å². The maximum absolute atomic E-state index is 12.3. The van der Waals surface area contributed by atoms with E-state index in [2.05, 4.69) is 10.0 Å². The van der Waals surface area contributed by atoms with Crippen LogP contribution < -0.4 is 19.5 Å². The van der Waals surface area contributed by atoms with Gasteiger partial charge in [0.05, 0.1) is 31.2 Å². The Balaban J connectivity index is 1.93. The summed E-state index contributed by atoms with van der Waals surface area (Å²) >= 11 is 0. The SMILES string of the molecule is COc1ccccc1OCCNC(=O)c1ccccc1NS(C)(=O)=O. The Kier molecular flexibility index (Phi) is 6.24. The van der Waals surface area contributed by atoms with Crippen molar-refractivity contribution >= 4 is 21.6 Å². The number of sulfonamides is 1. The number of methoxy groups -OCH3 is 1. The molecule has 2 aromatic carbocycles. The van der Waals surface area contributed by atoms with Gasteiger partial charge in [0.25, 0.3) is 5.91 Å². The second kappa shape index (κ2) is 8.39. The fourth-order valence-corrected chi connectivity index (χ4v) is 2.71. The number of hydrogen-bond donors (Lipinski definition) is 2. The summed E-state index contributed by atoms with van der Waals surface area (Å²) in [6, 6.07) is 13.6. The molecule has 0 atom stereocenters. The van der Waals surface area contributed by atoms with Crippen LogP contribution in [0.25, 0.3) is 0 Å². The molecular formula is C17H20N2O5S. The first-order valence-corrected chi connectivity index (χ1v) is 9.40. The number of rotatable bonds is 8. The summed E-state index contributed by atoms with van der Waals surface area (Å²) in [7, 11) is -1.92. The quantitative estimate of drug-likeness (QED) is 0.698. The van der Waals surface area contributed by atoms with E-state index in [0.717, 1.165) is 6.26 Å². The van der Waals surface area contributed by atoms with Crippen molar-refractivity contribution in [1.82, 2.24) is 5.32 Å². The van der Waals surface area contributed by atoms with E-state index < -0.39 is 15.9 Å². The number of para-hydroxylation sites is 3. The molecule has 0 aromatic heterocycles. The summed E-state index contributed by atoms with van der Waals surface area (Å²) in [5.74, 6) is 0.797. The maximum atomic E-state index is 12.3. The first-order valence-electron chi connectivity index (χ1n) is 7.51. The Morgan fingerprint density at radius 2 is 1.68 bits per heavy atom. The van der Waals surface area contributed by atoms with Crippen molar-refractivity contribution < 1.29 is 22.7 Å². The van der Waals surface area contributed by atoms with Gasteiger partial charge in [0.1, 0.15) is 6.61 Å². The van der Waals surface area contributed by atoms with Crippen LogP contribution in [0.5, 0.6) is 11.5 Å². The highest BCUT2D eigenvalue weighted by molar-refractivity contribution is 7.92. The molecule has 0 radical (unpaired) electrons. The zero-order valence-corrected chi connectivity index (χ0v) is 14.8. The van der Waals surface area contributed by atoms with Crippen LogP contribution in [-0.2, 0) is 10.0 Å². The van der Waals surface area contributed by atoms with Crippen LogP contribution in [-0.4, -0.2) is 40.8 Å². The Morgan fingerprint density at radius 1 is 1.04 bits per heavy atom. The first kappa shape index (κ1) is 18.6. The minimum absolute atomic E-state index is 0.230. The molecule has 0 bridgehead atoms. The van der Waals surface area contributed by atoms with Gasteiger partial charge in [-0.1, -0.05) is 24.3 Å². The van der Waals surface area contributed by atoms with Crippen molar-refractivity contribution in [1.29, 1.82) is 0 Å². The molecule has 2 N–H and O–H groups in total. The van der Waals surface area contributed by atoms with Gasteiger partial charge in [0, 0.05) is 0 Å². The number of benzene rings is 2. The highest BCUT2D eigenvalue weighted by Gasteiger charge is 2.13. The summed E-state index contributed by atoms with van der Waals surface area (Å²) in [5, 5.41) is 2.69. The molecule has 0 aliphatic heterocycles. The van der Waals surface area contributed by atoms with Crippen LogP contribution in [0.2, 0.25) is 0 Å². The summed E-state index contributed by atoms with van der Waals surface area (Å²) in [6.45, 7) is 0.498. The third-order valence-corrected chi connectivity index (χ3v) is 3.77. The van der Waals surface area contributed by atoms with Gasteiger partial charge in [-0.05, 0) is 24.3 Å². The van der Waals surface area contributed by atoms with Gasteiger partial charge in [0.2, 0.25) is 10.0 Å². The minimum atomic E-state index is -3.47. The zero-order valence-electron chi connectivity index (χ0n) is 14.0. The van der Waals surface area contributed by atoms with Crippen LogP contribution in [0.3, 0.4) is 0 Å². The number of nitrogens with one attached hydrogen (secondary N) is 2. The van der Waals surface area contributed by atoms with E-state index in [1.165, 1.54) is 6.07 Å². The second-order valence-corrected chi connectivity index (χ2v) is 6.92. The van der Waals surface area contributed by atoms with Gasteiger partial charge >= 0.3 is 0 Å². The Bertz CT molecular complexity index is 836. The van der Waals surface area contributed by atoms with Crippen molar-refractivity contribution in [2.24, 2.45) is 0 Å². The van der Waals surface area contributed by atoms with E-state index in [0.29, 0.717) is 11.5 Å². The molecule has 2 aromatic rings. The lowest BCUT2D eigenvalue weighted by Crippen LogP contribution is -2.29. The minimum Gasteiger partial charge on any atom is -0.493 e. The van der Waals surface area contributed by atoms with Gasteiger partial charge < -0.3 is 14.8 Å². The predicted octanol–water partition coefficient (Wildman–Crippen LogP) is 1.88. The monoisotopic (exact) mass is 364 g/mol. The fraction of sp³-hybridized carbons (Fsp3) is 0.235. The normalized spacial score (nSPS) is 10.8. The lowest BCUT2D eigenvalue weighted by molar-refractivity contribution is 0.0947. The molecule has 2 rings (SSSR count). The molecule has 0 fully saturated rings.